The van der Waals surface area contributed by atoms with E-state index in [2.05, 4.69) is 20.8 Å². The van der Waals surface area contributed by atoms with E-state index in [1.807, 2.05) is 31.2 Å². The molecule has 6 nitrogen and oxygen atoms in total. The molecule has 27 heavy (non-hydrogen) atoms. The maximum Gasteiger partial charge on any atom is 0.276 e. The van der Waals surface area contributed by atoms with Crippen LogP contribution in [0.2, 0.25) is 0 Å². The molecule has 8 heteroatoms. The van der Waals surface area contributed by atoms with Gasteiger partial charge in [-0.05, 0) is 43.3 Å². The maximum atomic E-state index is 13.2. The van der Waals surface area contributed by atoms with E-state index in [9.17, 15) is 13.6 Å². The third-order valence-electron chi connectivity index (χ3n) is 3.52. The van der Waals surface area contributed by atoms with Crippen molar-refractivity contribution in [1.82, 2.24) is 10.2 Å². The molecule has 1 aromatic heterocycles. The lowest BCUT2D eigenvalue weighted by atomic mass is 10.2. The number of hydrogen-bond donors (Lipinski definition) is 2. The lowest BCUT2D eigenvalue weighted by Gasteiger charge is -2.11. The fraction of sp³-hybridized carbons (Fsp3) is 0.105. The maximum absolute atomic E-state index is 13.2. The van der Waals surface area contributed by atoms with Gasteiger partial charge in [-0.1, -0.05) is 12.1 Å². The highest BCUT2D eigenvalue weighted by atomic mass is 19.2. The summed E-state index contributed by atoms with van der Waals surface area (Å²) in [5.74, 6) is -1.54. The first-order chi connectivity index (χ1) is 13.1. The monoisotopic (exact) mass is 370 g/mol. The van der Waals surface area contributed by atoms with Crippen molar-refractivity contribution < 1.29 is 18.3 Å². The van der Waals surface area contributed by atoms with Crippen LogP contribution in [0.4, 0.5) is 26.0 Å². The van der Waals surface area contributed by atoms with Crippen LogP contribution in [0, 0.1) is 11.6 Å². The van der Waals surface area contributed by atoms with Crippen LogP contribution in [0.15, 0.2) is 54.6 Å². The third kappa shape index (κ3) is 4.55. The van der Waals surface area contributed by atoms with E-state index in [1.54, 1.807) is 6.07 Å². The van der Waals surface area contributed by atoms with Crippen LogP contribution in [0.3, 0.4) is 0 Å². The molecule has 2 N–H and O–H groups in total. The summed E-state index contributed by atoms with van der Waals surface area (Å²) in [4.78, 5) is 12.1. The molecule has 3 rings (SSSR count). The Balaban J connectivity index is 1.69. The predicted molar refractivity (Wildman–Crippen MR) is 97.2 cm³/mol. The standard InChI is InChI=1S/C19H16F2N4O2/c1-2-27-17-6-4-3-5-15(17)23-18-10-9-16(24-25-18)19(26)22-12-7-8-13(20)14(21)11-12/h3-11H,2H2,1H3,(H,22,26)(H,23,25). The molecule has 0 saturated carbocycles. The van der Waals surface area contributed by atoms with Gasteiger partial charge < -0.3 is 15.4 Å². The minimum atomic E-state index is -1.05. The minimum Gasteiger partial charge on any atom is -0.492 e. The van der Waals surface area contributed by atoms with Crippen molar-refractivity contribution in [3.8, 4) is 5.75 Å². The molecule has 138 valence electrons. The molecule has 0 aliphatic carbocycles. The van der Waals surface area contributed by atoms with Gasteiger partial charge in [-0.15, -0.1) is 10.2 Å². The zero-order valence-corrected chi connectivity index (χ0v) is 14.4. The summed E-state index contributed by atoms with van der Waals surface area (Å²) >= 11 is 0. The number of carbonyl (C=O) groups is 1. The van der Waals surface area contributed by atoms with E-state index < -0.39 is 17.5 Å². The largest absolute Gasteiger partial charge is 0.492 e. The van der Waals surface area contributed by atoms with Crippen LogP contribution in [0.25, 0.3) is 0 Å². The fourth-order valence-electron chi connectivity index (χ4n) is 2.28. The number of nitrogens with zero attached hydrogens (tertiary/aromatic N) is 2. The summed E-state index contributed by atoms with van der Waals surface area (Å²) in [5.41, 5.74) is 0.865. The predicted octanol–water partition coefficient (Wildman–Crippen LogP) is 4.15. The van der Waals surface area contributed by atoms with Gasteiger partial charge in [-0.25, -0.2) is 8.78 Å². The molecule has 0 aliphatic heterocycles. The van der Waals surface area contributed by atoms with Crippen molar-refractivity contribution in [3.63, 3.8) is 0 Å². The Bertz CT molecular complexity index is 949. The molecular formula is C19H16F2N4O2. The molecular weight excluding hydrogens is 354 g/mol. The van der Waals surface area contributed by atoms with E-state index in [0.717, 1.165) is 12.1 Å². The molecule has 2 aromatic carbocycles. The van der Waals surface area contributed by atoms with E-state index >= 15 is 0 Å². The lowest BCUT2D eigenvalue weighted by Crippen LogP contribution is -2.15. The smallest absolute Gasteiger partial charge is 0.276 e. The van der Waals surface area contributed by atoms with Crippen LogP contribution in [-0.4, -0.2) is 22.7 Å². The van der Waals surface area contributed by atoms with E-state index in [0.29, 0.717) is 23.9 Å². The first-order valence-electron chi connectivity index (χ1n) is 8.16. The summed E-state index contributed by atoms with van der Waals surface area (Å²) < 4.78 is 31.7. The summed E-state index contributed by atoms with van der Waals surface area (Å²) in [5, 5.41) is 13.3. The van der Waals surface area contributed by atoms with Crippen LogP contribution < -0.4 is 15.4 Å². The molecule has 0 atom stereocenters. The minimum absolute atomic E-state index is 0.0309. The van der Waals surface area contributed by atoms with Crippen molar-refractivity contribution in [1.29, 1.82) is 0 Å². The van der Waals surface area contributed by atoms with Crippen LogP contribution in [-0.2, 0) is 0 Å². The van der Waals surface area contributed by atoms with E-state index in [1.165, 1.54) is 12.1 Å². The number of hydrogen-bond acceptors (Lipinski definition) is 5. The number of ether oxygens (including phenoxy) is 1. The molecule has 0 aliphatic rings. The topological polar surface area (TPSA) is 76.1 Å². The van der Waals surface area contributed by atoms with Crippen molar-refractivity contribution in [2.75, 3.05) is 17.2 Å². The molecule has 1 heterocycles. The highest BCUT2D eigenvalue weighted by molar-refractivity contribution is 6.02. The summed E-state index contributed by atoms with van der Waals surface area (Å²) in [6.45, 7) is 2.41. The van der Waals surface area contributed by atoms with E-state index in [-0.39, 0.29) is 11.4 Å². The van der Waals surface area contributed by atoms with Gasteiger partial charge in [-0.3, -0.25) is 4.79 Å². The quantitative estimate of drug-likeness (QED) is 0.682. The Morgan fingerprint density at radius 2 is 1.85 bits per heavy atom. The van der Waals surface area contributed by atoms with Crippen LogP contribution in [0.5, 0.6) is 5.75 Å². The van der Waals surface area contributed by atoms with Gasteiger partial charge >= 0.3 is 0 Å². The van der Waals surface area contributed by atoms with Gasteiger partial charge in [0.15, 0.2) is 23.1 Å². The molecule has 1 amide bonds. The molecule has 0 bridgehead atoms. The number of amides is 1. The lowest BCUT2D eigenvalue weighted by molar-refractivity contribution is 0.102. The van der Waals surface area contributed by atoms with Crippen molar-refractivity contribution in [2.24, 2.45) is 0 Å². The van der Waals surface area contributed by atoms with Crippen molar-refractivity contribution >= 4 is 23.1 Å². The molecule has 0 saturated heterocycles. The Morgan fingerprint density at radius 3 is 2.56 bits per heavy atom. The number of carbonyl (C=O) groups excluding carboxylic acids is 1. The number of halogens is 2. The fourth-order valence-corrected chi connectivity index (χ4v) is 2.28. The van der Waals surface area contributed by atoms with Gasteiger partial charge in [0.25, 0.3) is 5.91 Å². The number of para-hydroxylation sites is 2. The summed E-state index contributed by atoms with van der Waals surface area (Å²) in [7, 11) is 0. The Hall–Kier alpha value is -3.55. The van der Waals surface area contributed by atoms with Crippen molar-refractivity contribution in [2.45, 2.75) is 6.92 Å². The van der Waals surface area contributed by atoms with Gasteiger partial charge in [0, 0.05) is 11.8 Å². The SMILES string of the molecule is CCOc1ccccc1Nc1ccc(C(=O)Nc2ccc(F)c(F)c2)nn1. The van der Waals surface area contributed by atoms with Crippen molar-refractivity contribution in [3.05, 3.63) is 71.9 Å². The molecule has 0 spiro atoms. The number of benzene rings is 2. The Morgan fingerprint density at radius 1 is 1.04 bits per heavy atom. The zero-order chi connectivity index (χ0) is 19.2. The highest BCUT2D eigenvalue weighted by Crippen LogP contribution is 2.26. The normalized spacial score (nSPS) is 10.3. The second kappa shape index (κ2) is 8.22. The number of nitrogens with one attached hydrogen (secondary N) is 2. The molecule has 0 radical (unpaired) electrons. The van der Waals surface area contributed by atoms with Gasteiger partial charge in [0.2, 0.25) is 0 Å². The number of rotatable bonds is 6. The average Bonchev–Trinajstić information content (AvgIpc) is 2.67. The number of anilines is 3. The van der Waals surface area contributed by atoms with Gasteiger partial charge in [0.05, 0.1) is 12.3 Å². The Kier molecular flexibility index (Phi) is 5.55. The number of aromatic nitrogens is 2. The summed E-state index contributed by atoms with van der Waals surface area (Å²) in [6, 6.07) is 13.5. The Labute approximate surface area is 154 Å². The molecule has 0 fully saturated rings. The molecule has 0 unspecified atom stereocenters. The first kappa shape index (κ1) is 18.2. The highest BCUT2D eigenvalue weighted by Gasteiger charge is 2.11. The first-order valence-corrected chi connectivity index (χ1v) is 8.16. The van der Waals surface area contributed by atoms with Gasteiger partial charge in [-0.2, -0.15) is 0 Å². The third-order valence-corrected chi connectivity index (χ3v) is 3.52. The van der Waals surface area contributed by atoms with Crippen LogP contribution in [0.1, 0.15) is 17.4 Å². The van der Waals surface area contributed by atoms with E-state index in [4.69, 9.17) is 4.74 Å². The second-order valence-electron chi connectivity index (χ2n) is 5.44. The second-order valence-corrected chi connectivity index (χ2v) is 5.44. The zero-order valence-electron chi connectivity index (χ0n) is 14.4. The van der Waals surface area contributed by atoms with Crippen LogP contribution >= 0.6 is 0 Å². The molecule has 3 aromatic rings. The average molecular weight is 370 g/mol. The summed E-state index contributed by atoms with van der Waals surface area (Å²) in [6.07, 6.45) is 0. The van der Waals surface area contributed by atoms with Gasteiger partial charge in [0.1, 0.15) is 5.75 Å².